The first-order valence-electron chi connectivity index (χ1n) is 10.9. The van der Waals surface area contributed by atoms with Crippen LogP contribution in [-0.2, 0) is 11.2 Å². The number of hydrogen-bond acceptors (Lipinski definition) is 6. The first-order chi connectivity index (χ1) is 14.6. The molecule has 0 saturated heterocycles. The molecule has 1 aliphatic carbocycles. The van der Waals surface area contributed by atoms with Crippen LogP contribution in [0.15, 0.2) is 30.7 Å². The first kappa shape index (κ1) is 20.4. The fourth-order valence-electron chi connectivity index (χ4n) is 4.60. The number of nitrogens with zero attached hydrogens (tertiary/aromatic N) is 7. The van der Waals surface area contributed by atoms with E-state index in [1.165, 1.54) is 25.6 Å². The van der Waals surface area contributed by atoms with Gasteiger partial charge in [-0.3, -0.25) is 9.20 Å². The van der Waals surface area contributed by atoms with Gasteiger partial charge in [-0.05, 0) is 46.7 Å². The molecule has 9 nitrogen and oxygen atoms in total. The van der Waals surface area contributed by atoms with Crippen LogP contribution in [0, 0.1) is 11.3 Å². The van der Waals surface area contributed by atoms with E-state index in [0.29, 0.717) is 6.54 Å². The van der Waals surface area contributed by atoms with Crippen LogP contribution in [0.3, 0.4) is 0 Å². The van der Waals surface area contributed by atoms with Crippen LogP contribution in [0.5, 0.6) is 0 Å². The standard InChI is InChI=1S/C21H30N8O/c1-3-16(2)19(29-15-23-26-27-29)20(30)22-14-21(10-6-4-7-11-21)13-18-25-24-17-9-5-8-12-28(17)18/h5,8-9,12,15-16,19H,3-4,6-7,10-11,13-14H2,1-2H3,(H,22,30)/t16-,19-/m0/s1. The average molecular weight is 411 g/mol. The zero-order valence-corrected chi connectivity index (χ0v) is 17.7. The van der Waals surface area contributed by atoms with Gasteiger partial charge in [0.2, 0.25) is 5.91 Å². The van der Waals surface area contributed by atoms with Gasteiger partial charge in [-0.25, -0.2) is 4.68 Å². The average Bonchev–Trinajstić information content (AvgIpc) is 3.44. The lowest BCUT2D eigenvalue weighted by molar-refractivity contribution is -0.126. The molecule has 30 heavy (non-hydrogen) atoms. The lowest BCUT2D eigenvalue weighted by Gasteiger charge is -2.37. The largest absolute Gasteiger partial charge is 0.354 e. The number of tetrazole rings is 1. The van der Waals surface area contributed by atoms with E-state index in [0.717, 1.165) is 37.2 Å². The maximum absolute atomic E-state index is 13.2. The van der Waals surface area contributed by atoms with Gasteiger partial charge in [0, 0.05) is 19.2 Å². The number of amides is 1. The maximum atomic E-state index is 13.2. The van der Waals surface area contributed by atoms with Crippen molar-refractivity contribution in [3.05, 3.63) is 36.5 Å². The van der Waals surface area contributed by atoms with E-state index in [1.807, 2.05) is 24.4 Å². The van der Waals surface area contributed by atoms with Gasteiger partial charge >= 0.3 is 0 Å². The molecule has 9 heteroatoms. The highest BCUT2D eigenvalue weighted by Gasteiger charge is 2.36. The van der Waals surface area contributed by atoms with E-state index in [4.69, 9.17) is 0 Å². The SMILES string of the molecule is CC[C@H](C)[C@@H](C(=O)NCC1(Cc2nnc3ccccn23)CCCCC1)n1cnnn1. The number of carbonyl (C=O) groups is 1. The van der Waals surface area contributed by atoms with Crippen molar-refractivity contribution in [2.45, 2.75) is 64.8 Å². The van der Waals surface area contributed by atoms with Crippen molar-refractivity contribution in [1.82, 2.24) is 40.1 Å². The van der Waals surface area contributed by atoms with Crippen LogP contribution in [0.2, 0.25) is 0 Å². The van der Waals surface area contributed by atoms with Crippen molar-refractivity contribution < 1.29 is 4.79 Å². The van der Waals surface area contributed by atoms with E-state index in [-0.39, 0.29) is 17.2 Å². The molecule has 0 unspecified atom stereocenters. The monoisotopic (exact) mass is 410 g/mol. The molecule has 1 N–H and O–H groups in total. The molecule has 1 saturated carbocycles. The Kier molecular flexibility index (Phi) is 6.06. The van der Waals surface area contributed by atoms with Crippen molar-refractivity contribution in [3.8, 4) is 0 Å². The second-order valence-corrected chi connectivity index (χ2v) is 8.62. The molecular formula is C21H30N8O. The third-order valence-corrected chi connectivity index (χ3v) is 6.57. The predicted molar refractivity (Wildman–Crippen MR) is 112 cm³/mol. The van der Waals surface area contributed by atoms with Gasteiger partial charge in [-0.2, -0.15) is 0 Å². The Balaban J connectivity index is 1.52. The highest BCUT2D eigenvalue weighted by atomic mass is 16.2. The number of pyridine rings is 1. The van der Waals surface area contributed by atoms with Crippen LogP contribution in [0.1, 0.15) is 64.2 Å². The quantitative estimate of drug-likeness (QED) is 0.612. The number of nitrogens with one attached hydrogen (secondary N) is 1. The molecule has 0 radical (unpaired) electrons. The summed E-state index contributed by atoms with van der Waals surface area (Å²) >= 11 is 0. The van der Waals surface area contributed by atoms with Gasteiger partial charge in [-0.15, -0.1) is 15.3 Å². The van der Waals surface area contributed by atoms with E-state index in [2.05, 4.69) is 49.3 Å². The second kappa shape index (κ2) is 8.89. The second-order valence-electron chi connectivity index (χ2n) is 8.62. The molecule has 0 spiro atoms. The van der Waals surface area contributed by atoms with Gasteiger partial charge in [0.25, 0.3) is 0 Å². The number of hydrogen-bond donors (Lipinski definition) is 1. The lowest BCUT2D eigenvalue weighted by atomic mass is 9.71. The number of carbonyl (C=O) groups excluding carboxylic acids is 1. The minimum Gasteiger partial charge on any atom is -0.354 e. The van der Waals surface area contributed by atoms with Gasteiger partial charge < -0.3 is 5.32 Å². The minimum atomic E-state index is -0.403. The summed E-state index contributed by atoms with van der Waals surface area (Å²) in [7, 11) is 0. The van der Waals surface area contributed by atoms with Crippen molar-refractivity contribution >= 4 is 11.6 Å². The fourth-order valence-corrected chi connectivity index (χ4v) is 4.60. The van der Waals surface area contributed by atoms with Crippen molar-refractivity contribution in [1.29, 1.82) is 0 Å². The number of aromatic nitrogens is 7. The third-order valence-electron chi connectivity index (χ3n) is 6.57. The third kappa shape index (κ3) is 4.20. The molecule has 0 bridgehead atoms. The van der Waals surface area contributed by atoms with E-state index in [9.17, 15) is 4.79 Å². The molecule has 0 aliphatic heterocycles. The predicted octanol–water partition coefficient (Wildman–Crippen LogP) is 2.61. The molecule has 3 aromatic heterocycles. The van der Waals surface area contributed by atoms with Crippen LogP contribution < -0.4 is 5.32 Å². The summed E-state index contributed by atoms with van der Waals surface area (Å²) in [6.07, 6.45) is 11.0. The Bertz CT molecular complexity index is 960. The summed E-state index contributed by atoms with van der Waals surface area (Å²) in [5.41, 5.74) is 0.853. The van der Waals surface area contributed by atoms with E-state index >= 15 is 0 Å². The molecule has 3 aromatic rings. The Hall–Kier alpha value is -2.84. The Morgan fingerprint density at radius 2 is 2.07 bits per heavy atom. The first-order valence-corrected chi connectivity index (χ1v) is 10.9. The Morgan fingerprint density at radius 3 is 2.80 bits per heavy atom. The van der Waals surface area contributed by atoms with Gasteiger partial charge in [0.05, 0.1) is 0 Å². The molecule has 0 aromatic carbocycles. The summed E-state index contributed by atoms with van der Waals surface area (Å²) in [5, 5.41) is 23.4. The minimum absolute atomic E-state index is 0.00661. The molecule has 1 aliphatic rings. The number of fused-ring (bicyclic) bond motifs is 1. The summed E-state index contributed by atoms with van der Waals surface area (Å²) < 4.78 is 3.63. The zero-order valence-electron chi connectivity index (χ0n) is 17.7. The Labute approximate surface area is 176 Å². The smallest absolute Gasteiger partial charge is 0.245 e. The highest BCUT2D eigenvalue weighted by Crippen LogP contribution is 2.38. The molecule has 160 valence electrons. The normalized spacial score (nSPS) is 18.2. The summed E-state index contributed by atoms with van der Waals surface area (Å²) in [6, 6.07) is 5.53. The highest BCUT2D eigenvalue weighted by molar-refractivity contribution is 5.80. The Morgan fingerprint density at radius 1 is 1.23 bits per heavy atom. The van der Waals surface area contributed by atoms with Gasteiger partial charge in [0.1, 0.15) is 18.2 Å². The molecular weight excluding hydrogens is 380 g/mol. The molecule has 1 fully saturated rings. The topological polar surface area (TPSA) is 103 Å². The van der Waals surface area contributed by atoms with E-state index < -0.39 is 6.04 Å². The van der Waals surface area contributed by atoms with Gasteiger partial charge in [0.15, 0.2) is 5.65 Å². The van der Waals surface area contributed by atoms with E-state index in [1.54, 1.807) is 4.68 Å². The van der Waals surface area contributed by atoms with Crippen LogP contribution in [0.4, 0.5) is 0 Å². The summed E-state index contributed by atoms with van der Waals surface area (Å²) in [5.74, 6) is 1.07. The fraction of sp³-hybridized carbons (Fsp3) is 0.619. The summed E-state index contributed by atoms with van der Waals surface area (Å²) in [4.78, 5) is 13.2. The van der Waals surface area contributed by atoms with Crippen molar-refractivity contribution in [2.24, 2.45) is 11.3 Å². The van der Waals surface area contributed by atoms with Gasteiger partial charge in [-0.1, -0.05) is 45.6 Å². The molecule has 1 amide bonds. The molecule has 4 rings (SSSR count). The molecule has 3 heterocycles. The van der Waals surface area contributed by atoms with Crippen LogP contribution in [-0.4, -0.2) is 47.3 Å². The van der Waals surface area contributed by atoms with Crippen LogP contribution >= 0.6 is 0 Å². The maximum Gasteiger partial charge on any atom is 0.245 e. The molecule has 2 atom stereocenters. The van der Waals surface area contributed by atoms with Crippen molar-refractivity contribution in [2.75, 3.05) is 6.54 Å². The van der Waals surface area contributed by atoms with Crippen LogP contribution in [0.25, 0.3) is 5.65 Å². The lowest BCUT2D eigenvalue weighted by Crippen LogP contribution is -2.44. The number of rotatable bonds is 8. The zero-order chi connectivity index (χ0) is 21.0. The summed E-state index contributed by atoms with van der Waals surface area (Å²) in [6.45, 7) is 4.77. The van der Waals surface area contributed by atoms with Crippen molar-refractivity contribution in [3.63, 3.8) is 0 Å².